The molecule has 0 radical (unpaired) electrons. The first-order valence-corrected chi connectivity index (χ1v) is 8.67. The lowest BCUT2D eigenvalue weighted by molar-refractivity contribution is -0.0855. The van der Waals surface area contributed by atoms with E-state index in [1.165, 1.54) is 5.69 Å². The van der Waals surface area contributed by atoms with Crippen molar-refractivity contribution in [2.24, 2.45) is 4.99 Å². The number of hydrogen-bond acceptors (Lipinski definition) is 4. The van der Waals surface area contributed by atoms with E-state index in [4.69, 9.17) is 9.47 Å². The first-order chi connectivity index (χ1) is 11.6. The molecule has 0 aliphatic carbocycles. The van der Waals surface area contributed by atoms with Crippen LogP contribution in [-0.2, 0) is 16.0 Å². The maximum Gasteiger partial charge on any atom is 0.191 e. The lowest BCUT2D eigenvalue weighted by atomic mass is 9.94. The molecule has 0 saturated carbocycles. The summed E-state index contributed by atoms with van der Waals surface area (Å²) < 4.78 is 13.2. The van der Waals surface area contributed by atoms with Crippen LogP contribution in [0.3, 0.4) is 0 Å². The van der Waals surface area contributed by atoms with E-state index in [2.05, 4.69) is 38.4 Å². The van der Waals surface area contributed by atoms with Crippen LogP contribution in [0.15, 0.2) is 11.1 Å². The van der Waals surface area contributed by atoms with Gasteiger partial charge < -0.3 is 20.1 Å². The van der Waals surface area contributed by atoms with Crippen LogP contribution >= 0.6 is 24.0 Å². The molecule has 0 atom stereocenters. The lowest BCUT2D eigenvalue weighted by Gasteiger charge is -2.36. The molecule has 0 aromatic carbocycles. The first-order valence-electron chi connectivity index (χ1n) is 8.67. The Bertz CT molecular complexity index is 541. The minimum atomic E-state index is -0.153. The molecule has 1 aliphatic heterocycles. The summed E-state index contributed by atoms with van der Waals surface area (Å²) in [5.74, 6) is 0.811. The van der Waals surface area contributed by atoms with Crippen LogP contribution in [0, 0.1) is 13.8 Å². The SMILES string of the molecule is CN=C(NCCCn1nc(C)cc1C)NCC1(OC)CCOCC1.I. The molecule has 7 nitrogen and oxygen atoms in total. The zero-order valence-electron chi connectivity index (χ0n) is 15.8. The number of aromatic nitrogens is 2. The Morgan fingerprint density at radius 1 is 1.36 bits per heavy atom. The highest BCUT2D eigenvalue weighted by Crippen LogP contribution is 2.23. The Morgan fingerprint density at radius 3 is 2.64 bits per heavy atom. The topological polar surface area (TPSA) is 72.7 Å². The molecule has 0 unspecified atom stereocenters. The van der Waals surface area contributed by atoms with E-state index in [0.717, 1.165) is 63.8 Å². The number of nitrogens with zero attached hydrogens (tertiary/aromatic N) is 3. The van der Waals surface area contributed by atoms with E-state index in [1.807, 2.05) is 6.92 Å². The molecule has 0 bridgehead atoms. The largest absolute Gasteiger partial charge is 0.381 e. The van der Waals surface area contributed by atoms with Crippen molar-refractivity contribution in [3.05, 3.63) is 17.5 Å². The van der Waals surface area contributed by atoms with Crippen molar-refractivity contribution in [1.29, 1.82) is 0 Å². The highest BCUT2D eigenvalue weighted by atomic mass is 127. The third kappa shape index (κ3) is 6.74. The molecule has 1 aromatic heterocycles. The third-order valence-corrected chi connectivity index (χ3v) is 4.58. The van der Waals surface area contributed by atoms with Crippen LogP contribution in [0.5, 0.6) is 0 Å². The van der Waals surface area contributed by atoms with Crippen LogP contribution < -0.4 is 10.6 Å². The number of ether oxygens (including phenoxy) is 2. The maximum absolute atomic E-state index is 5.74. The number of halogens is 1. The Balaban J connectivity index is 0.00000312. The quantitative estimate of drug-likeness (QED) is 0.279. The number of methoxy groups -OCH3 is 1. The van der Waals surface area contributed by atoms with Gasteiger partial charge in [0.25, 0.3) is 0 Å². The summed E-state index contributed by atoms with van der Waals surface area (Å²) in [4.78, 5) is 4.29. The average molecular weight is 465 g/mol. The van der Waals surface area contributed by atoms with Gasteiger partial charge in [0, 0.05) is 65.5 Å². The lowest BCUT2D eigenvalue weighted by Crippen LogP contribution is -2.50. The van der Waals surface area contributed by atoms with Crippen molar-refractivity contribution in [2.75, 3.05) is 40.5 Å². The summed E-state index contributed by atoms with van der Waals surface area (Å²) in [6.45, 7) is 8.12. The van der Waals surface area contributed by atoms with Gasteiger partial charge in [-0.05, 0) is 26.3 Å². The molecular formula is C17H32IN5O2. The van der Waals surface area contributed by atoms with Crippen LogP contribution in [0.1, 0.15) is 30.7 Å². The zero-order chi connectivity index (χ0) is 17.4. The van der Waals surface area contributed by atoms with Crippen molar-refractivity contribution in [1.82, 2.24) is 20.4 Å². The fourth-order valence-corrected chi connectivity index (χ4v) is 3.00. The van der Waals surface area contributed by atoms with Gasteiger partial charge in [-0.15, -0.1) is 24.0 Å². The highest BCUT2D eigenvalue weighted by Gasteiger charge is 2.32. The van der Waals surface area contributed by atoms with Gasteiger partial charge in [0.15, 0.2) is 5.96 Å². The second-order valence-corrected chi connectivity index (χ2v) is 6.36. The van der Waals surface area contributed by atoms with Gasteiger partial charge in [-0.2, -0.15) is 5.10 Å². The third-order valence-electron chi connectivity index (χ3n) is 4.58. The Hall–Kier alpha value is -0.870. The summed E-state index contributed by atoms with van der Waals surface area (Å²) in [5, 5.41) is 11.2. The van der Waals surface area contributed by atoms with Crippen molar-refractivity contribution in [3.63, 3.8) is 0 Å². The van der Waals surface area contributed by atoms with Gasteiger partial charge in [0.1, 0.15) is 0 Å². The number of hydrogen-bond donors (Lipinski definition) is 2. The molecular weight excluding hydrogens is 433 g/mol. The van der Waals surface area contributed by atoms with Gasteiger partial charge in [-0.25, -0.2) is 0 Å². The molecule has 2 heterocycles. The predicted octanol–water partition coefficient (Wildman–Crippen LogP) is 1.87. The van der Waals surface area contributed by atoms with Crippen molar-refractivity contribution >= 4 is 29.9 Å². The molecule has 144 valence electrons. The normalized spacial score (nSPS) is 17.0. The number of aryl methyl sites for hydroxylation is 3. The van der Waals surface area contributed by atoms with Crippen molar-refractivity contribution < 1.29 is 9.47 Å². The maximum atomic E-state index is 5.74. The molecule has 25 heavy (non-hydrogen) atoms. The van der Waals surface area contributed by atoms with Crippen molar-refractivity contribution in [2.45, 2.75) is 45.3 Å². The fourth-order valence-electron chi connectivity index (χ4n) is 3.00. The molecule has 1 fully saturated rings. The van der Waals surface area contributed by atoms with E-state index in [1.54, 1.807) is 14.2 Å². The fraction of sp³-hybridized carbons (Fsp3) is 0.765. The number of rotatable bonds is 7. The summed E-state index contributed by atoms with van der Waals surface area (Å²) in [5.41, 5.74) is 2.12. The molecule has 2 rings (SSSR count). The Labute approximate surface area is 168 Å². The molecule has 2 N–H and O–H groups in total. The van der Waals surface area contributed by atoms with E-state index in [-0.39, 0.29) is 29.6 Å². The molecule has 1 saturated heterocycles. The van der Waals surface area contributed by atoms with Gasteiger partial charge in [0.05, 0.1) is 11.3 Å². The van der Waals surface area contributed by atoms with E-state index >= 15 is 0 Å². The predicted molar refractivity (Wildman–Crippen MR) is 111 cm³/mol. The molecule has 0 amide bonds. The summed E-state index contributed by atoms with van der Waals surface area (Å²) in [7, 11) is 3.57. The van der Waals surface area contributed by atoms with Gasteiger partial charge in [0.2, 0.25) is 0 Å². The second kappa shape index (κ2) is 11.0. The van der Waals surface area contributed by atoms with E-state index in [0.29, 0.717) is 0 Å². The molecule has 1 aromatic rings. The van der Waals surface area contributed by atoms with E-state index < -0.39 is 0 Å². The summed E-state index contributed by atoms with van der Waals surface area (Å²) >= 11 is 0. The number of guanidine groups is 1. The van der Waals surface area contributed by atoms with Crippen LogP contribution in [0.4, 0.5) is 0 Å². The highest BCUT2D eigenvalue weighted by molar-refractivity contribution is 14.0. The number of aliphatic imine (C=N–C) groups is 1. The van der Waals surface area contributed by atoms with Crippen LogP contribution in [-0.4, -0.2) is 61.8 Å². The minimum absolute atomic E-state index is 0. The molecule has 8 heteroatoms. The second-order valence-electron chi connectivity index (χ2n) is 6.36. The number of nitrogens with one attached hydrogen (secondary N) is 2. The standard InChI is InChI=1S/C17H31N5O2.HI/c1-14-12-15(2)22(21-14)9-5-8-19-16(18-3)20-13-17(23-4)6-10-24-11-7-17;/h12H,5-11,13H2,1-4H3,(H2,18,19,20);1H. The Morgan fingerprint density at radius 2 is 2.08 bits per heavy atom. The zero-order valence-corrected chi connectivity index (χ0v) is 18.1. The van der Waals surface area contributed by atoms with Gasteiger partial charge in [-0.1, -0.05) is 0 Å². The smallest absolute Gasteiger partial charge is 0.191 e. The summed E-state index contributed by atoms with van der Waals surface area (Å²) in [6, 6.07) is 2.10. The van der Waals surface area contributed by atoms with Gasteiger partial charge in [-0.3, -0.25) is 9.67 Å². The average Bonchev–Trinajstić information content (AvgIpc) is 2.92. The minimum Gasteiger partial charge on any atom is -0.381 e. The monoisotopic (exact) mass is 465 g/mol. The van der Waals surface area contributed by atoms with Crippen molar-refractivity contribution in [3.8, 4) is 0 Å². The van der Waals surface area contributed by atoms with E-state index in [9.17, 15) is 0 Å². The Kier molecular flexibility index (Phi) is 9.73. The van der Waals surface area contributed by atoms with Gasteiger partial charge >= 0.3 is 0 Å². The molecule has 0 spiro atoms. The van der Waals surface area contributed by atoms with Crippen LogP contribution in [0.2, 0.25) is 0 Å². The molecule has 1 aliphatic rings. The first kappa shape index (κ1) is 22.2. The van der Waals surface area contributed by atoms with Crippen LogP contribution in [0.25, 0.3) is 0 Å². The summed E-state index contributed by atoms with van der Waals surface area (Å²) in [6.07, 6.45) is 2.81.